The molecule has 1 aliphatic heterocycles. The second-order valence-electron chi connectivity index (χ2n) is 9.25. The van der Waals surface area contributed by atoms with Crippen LogP contribution in [0.4, 0.5) is 0 Å². The maximum Gasteiger partial charge on any atom is 0.262 e. The molecular weight excluding hydrogens is 320 g/mol. The summed E-state index contributed by atoms with van der Waals surface area (Å²) in [6, 6.07) is 0. The van der Waals surface area contributed by atoms with E-state index < -0.39 is 39.3 Å². The molecule has 3 fully saturated rings. The van der Waals surface area contributed by atoms with Crippen molar-refractivity contribution in [2.24, 2.45) is 22.2 Å². The molecule has 25 heavy (non-hydrogen) atoms. The summed E-state index contributed by atoms with van der Waals surface area (Å²) in [4.78, 5) is 26.4. The van der Waals surface area contributed by atoms with E-state index in [1.165, 1.54) is 0 Å². The monoisotopic (exact) mass is 346 g/mol. The van der Waals surface area contributed by atoms with Gasteiger partial charge in [-0.1, -0.05) is 39.3 Å². The first-order valence-corrected chi connectivity index (χ1v) is 9.01. The summed E-state index contributed by atoms with van der Waals surface area (Å²) in [5.41, 5.74) is -3.80. The minimum Gasteiger partial charge on any atom is -0.382 e. The summed E-state index contributed by atoms with van der Waals surface area (Å²) >= 11 is 0. The number of Topliss-reactive ketones (excluding diaryl/α,β-unsaturated/α-hetero) is 2. The van der Waals surface area contributed by atoms with E-state index in [9.17, 15) is 19.8 Å². The summed E-state index contributed by atoms with van der Waals surface area (Å²) in [6.07, 6.45) is 5.71. The molecule has 3 aliphatic carbocycles. The molecule has 1 saturated heterocycles. The summed E-state index contributed by atoms with van der Waals surface area (Å²) in [6.45, 7) is 9.36. The molecule has 0 aromatic heterocycles. The van der Waals surface area contributed by atoms with Crippen LogP contribution in [0.2, 0.25) is 0 Å². The van der Waals surface area contributed by atoms with Crippen molar-refractivity contribution in [3.63, 3.8) is 0 Å². The summed E-state index contributed by atoms with van der Waals surface area (Å²) in [5.74, 6) is -3.75. The average Bonchev–Trinajstić information content (AvgIpc) is 2.72. The van der Waals surface area contributed by atoms with Crippen molar-refractivity contribution < 1.29 is 24.5 Å². The number of rotatable bonds is 1. The highest BCUT2D eigenvalue weighted by Gasteiger charge is 2.83. The second-order valence-corrected chi connectivity index (χ2v) is 9.25. The van der Waals surface area contributed by atoms with Crippen LogP contribution >= 0.6 is 0 Å². The highest BCUT2D eigenvalue weighted by Crippen LogP contribution is 2.70. The minimum atomic E-state index is -2.29. The van der Waals surface area contributed by atoms with Crippen molar-refractivity contribution in [1.82, 2.24) is 0 Å². The Kier molecular flexibility index (Phi) is 3.09. The fourth-order valence-corrected chi connectivity index (χ4v) is 6.13. The lowest BCUT2D eigenvalue weighted by atomic mass is 9.41. The zero-order valence-corrected chi connectivity index (χ0v) is 15.1. The lowest BCUT2D eigenvalue weighted by Crippen LogP contribution is -2.77. The van der Waals surface area contributed by atoms with Crippen molar-refractivity contribution in [2.45, 2.75) is 57.8 Å². The SMILES string of the molecule is C=C[C@]1(C)C=C2C(=O)[C@@]3(O)OC[C@@]4(CCCC(C)(C)[C@@]43O)[C@H]2C(=O)C1. The predicted molar refractivity (Wildman–Crippen MR) is 90.4 cm³/mol. The third-order valence-corrected chi connectivity index (χ3v) is 7.42. The highest BCUT2D eigenvalue weighted by atomic mass is 16.7. The molecule has 5 nitrogen and oxygen atoms in total. The fraction of sp³-hybridized carbons (Fsp3) is 0.700. The number of hydrogen-bond donors (Lipinski definition) is 2. The van der Waals surface area contributed by atoms with Crippen LogP contribution in [0.5, 0.6) is 0 Å². The van der Waals surface area contributed by atoms with Gasteiger partial charge in [-0.15, -0.1) is 6.58 Å². The number of hydrogen-bond acceptors (Lipinski definition) is 5. The Morgan fingerprint density at radius 3 is 2.56 bits per heavy atom. The average molecular weight is 346 g/mol. The smallest absolute Gasteiger partial charge is 0.262 e. The molecule has 0 amide bonds. The number of ketones is 2. The molecule has 2 N–H and O–H groups in total. The maximum absolute atomic E-state index is 13.2. The van der Waals surface area contributed by atoms with Gasteiger partial charge in [0.05, 0.1) is 12.5 Å². The third kappa shape index (κ3) is 1.61. The Morgan fingerprint density at radius 1 is 1.24 bits per heavy atom. The summed E-state index contributed by atoms with van der Waals surface area (Å²) < 4.78 is 5.63. The molecule has 0 spiro atoms. The van der Waals surface area contributed by atoms with Crippen molar-refractivity contribution in [3.8, 4) is 0 Å². The largest absolute Gasteiger partial charge is 0.382 e. The van der Waals surface area contributed by atoms with Gasteiger partial charge in [-0.2, -0.15) is 0 Å². The van der Waals surface area contributed by atoms with E-state index in [4.69, 9.17) is 4.74 Å². The molecule has 0 aromatic carbocycles. The van der Waals surface area contributed by atoms with Gasteiger partial charge < -0.3 is 14.9 Å². The molecule has 0 radical (unpaired) electrons. The van der Waals surface area contributed by atoms with E-state index in [1.54, 1.807) is 12.2 Å². The highest BCUT2D eigenvalue weighted by molar-refractivity contribution is 6.10. The zero-order valence-electron chi connectivity index (χ0n) is 15.1. The maximum atomic E-state index is 13.2. The van der Waals surface area contributed by atoms with Crippen molar-refractivity contribution in [3.05, 3.63) is 24.3 Å². The number of carbonyl (C=O) groups excluding carboxylic acids is 2. The molecular formula is C20H26O5. The third-order valence-electron chi connectivity index (χ3n) is 7.42. The molecule has 0 unspecified atom stereocenters. The van der Waals surface area contributed by atoms with Crippen LogP contribution in [-0.2, 0) is 14.3 Å². The van der Waals surface area contributed by atoms with Gasteiger partial charge in [0, 0.05) is 28.2 Å². The van der Waals surface area contributed by atoms with Gasteiger partial charge in [0.25, 0.3) is 5.79 Å². The van der Waals surface area contributed by atoms with Gasteiger partial charge in [0.1, 0.15) is 11.4 Å². The first-order valence-electron chi connectivity index (χ1n) is 9.01. The predicted octanol–water partition coefficient (Wildman–Crippen LogP) is 1.92. The Labute approximate surface area is 147 Å². The van der Waals surface area contributed by atoms with Crippen LogP contribution in [0.3, 0.4) is 0 Å². The van der Waals surface area contributed by atoms with Gasteiger partial charge in [-0.05, 0) is 12.8 Å². The van der Waals surface area contributed by atoms with Crippen LogP contribution in [0.1, 0.15) is 46.5 Å². The summed E-state index contributed by atoms with van der Waals surface area (Å²) in [5, 5.41) is 23.0. The zero-order chi connectivity index (χ0) is 18.5. The lowest BCUT2D eigenvalue weighted by molar-refractivity contribution is -0.300. The lowest BCUT2D eigenvalue weighted by Gasteiger charge is -2.62. The van der Waals surface area contributed by atoms with E-state index in [-0.39, 0.29) is 18.8 Å². The van der Waals surface area contributed by atoms with E-state index in [1.807, 2.05) is 20.8 Å². The molecule has 5 atom stereocenters. The quantitative estimate of drug-likeness (QED) is 0.709. The Hall–Kier alpha value is -1.30. The van der Waals surface area contributed by atoms with Crippen LogP contribution < -0.4 is 0 Å². The van der Waals surface area contributed by atoms with E-state index in [0.29, 0.717) is 18.4 Å². The van der Waals surface area contributed by atoms with Crippen molar-refractivity contribution >= 4 is 11.6 Å². The number of ether oxygens (including phenoxy) is 1. The number of allylic oxidation sites excluding steroid dienone is 2. The van der Waals surface area contributed by atoms with Gasteiger partial charge in [-0.3, -0.25) is 9.59 Å². The summed E-state index contributed by atoms with van der Waals surface area (Å²) in [7, 11) is 0. The van der Waals surface area contributed by atoms with E-state index in [2.05, 4.69) is 6.58 Å². The minimum absolute atomic E-state index is 0.0215. The molecule has 4 rings (SSSR count). The molecule has 1 heterocycles. The van der Waals surface area contributed by atoms with E-state index >= 15 is 0 Å². The topological polar surface area (TPSA) is 83.8 Å². The number of aliphatic hydroxyl groups is 2. The normalized spacial score (nSPS) is 50.8. The number of fused-ring (bicyclic) bond motifs is 1. The molecule has 136 valence electrons. The Morgan fingerprint density at radius 2 is 1.92 bits per heavy atom. The first kappa shape index (κ1) is 17.1. The van der Waals surface area contributed by atoms with Gasteiger partial charge in [0.15, 0.2) is 0 Å². The van der Waals surface area contributed by atoms with Crippen LogP contribution in [-0.4, -0.2) is 39.8 Å². The second kappa shape index (κ2) is 4.51. The van der Waals surface area contributed by atoms with Gasteiger partial charge >= 0.3 is 0 Å². The Bertz CT molecular complexity index is 736. The number of carbonyl (C=O) groups is 2. The molecule has 4 aliphatic rings. The fourth-order valence-electron chi connectivity index (χ4n) is 6.13. The Balaban J connectivity index is 2.02. The molecule has 0 aromatic rings. The van der Waals surface area contributed by atoms with Crippen molar-refractivity contribution in [1.29, 1.82) is 0 Å². The van der Waals surface area contributed by atoms with Crippen LogP contribution in [0.15, 0.2) is 24.3 Å². The van der Waals surface area contributed by atoms with E-state index in [0.717, 1.165) is 6.42 Å². The first-order chi connectivity index (χ1) is 11.5. The standard InChI is InChI=1S/C20H26O5/c1-5-17(4)9-12-14(13(21)10-17)18-8-6-7-16(2,3)20(18,24)19(23,15(12)22)25-11-18/h5,9,14,23-24H,1,6-8,10-11H2,2-4H3/t14-,17-,18+,19-,20-/m1/s1. The van der Waals surface area contributed by atoms with Gasteiger partial charge in [0.2, 0.25) is 5.78 Å². The molecule has 2 saturated carbocycles. The molecule has 2 bridgehead atoms. The molecule has 5 heteroatoms. The van der Waals surface area contributed by atoms with Crippen LogP contribution in [0.25, 0.3) is 0 Å². The van der Waals surface area contributed by atoms with Gasteiger partial charge in [-0.25, -0.2) is 0 Å². The van der Waals surface area contributed by atoms with Crippen molar-refractivity contribution in [2.75, 3.05) is 6.61 Å². The van der Waals surface area contributed by atoms with Crippen LogP contribution in [0, 0.1) is 22.2 Å².